The molecule has 0 spiro atoms. The van der Waals surface area contributed by atoms with Crippen molar-refractivity contribution in [1.29, 1.82) is 0 Å². The van der Waals surface area contributed by atoms with Gasteiger partial charge >= 0.3 is 5.97 Å². The van der Waals surface area contributed by atoms with Crippen molar-refractivity contribution in [2.45, 2.75) is 25.9 Å². The number of benzene rings is 1. The fourth-order valence-electron chi connectivity index (χ4n) is 2.74. The third-order valence-corrected chi connectivity index (χ3v) is 3.80. The summed E-state index contributed by atoms with van der Waals surface area (Å²) in [7, 11) is 0. The normalized spacial score (nSPS) is 28.1. The van der Waals surface area contributed by atoms with Crippen molar-refractivity contribution in [3.63, 3.8) is 0 Å². The van der Waals surface area contributed by atoms with E-state index in [1.165, 1.54) is 0 Å². The predicted molar refractivity (Wildman–Crippen MR) is 66.4 cm³/mol. The Kier molecular flexibility index (Phi) is 3.30. The lowest BCUT2D eigenvalue weighted by atomic mass is 9.70. The van der Waals surface area contributed by atoms with Crippen LogP contribution in [0.25, 0.3) is 0 Å². The molecule has 2 N–H and O–H groups in total. The van der Waals surface area contributed by atoms with Gasteiger partial charge in [0.05, 0.1) is 12.5 Å². The molecule has 3 unspecified atom stereocenters. The molecule has 4 heteroatoms. The molecule has 1 aliphatic heterocycles. The zero-order chi connectivity index (χ0) is 13.3. The van der Waals surface area contributed by atoms with Crippen LogP contribution in [0.3, 0.4) is 0 Å². The lowest BCUT2D eigenvalue weighted by Gasteiger charge is -2.42. The summed E-state index contributed by atoms with van der Waals surface area (Å²) < 4.78 is 5.55. The zero-order valence-electron chi connectivity index (χ0n) is 10.6. The second-order valence-electron chi connectivity index (χ2n) is 4.83. The molecule has 1 heterocycles. The van der Waals surface area contributed by atoms with Crippen LogP contribution in [0.2, 0.25) is 0 Å². The van der Waals surface area contributed by atoms with Gasteiger partial charge in [-0.15, -0.1) is 0 Å². The molecule has 3 atom stereocenters. The topological polar surface area (TPSA) is 66.8 Å². The van der Waals surface area contributed by atoms with Crippen molar-refractivity contribution >= 4 is 5.97 Å². The van der Waals surface area contributed by atoms with Crippen molar-refractivity contribution in [2.24, 2.45) is 11.8 Å². The van der Waals surface area contributed by atoms with Gasteiger partial charge in [0.2, 0.25) is 0 Å². The Morgan fingerprint density at radius 2 is 2.22 bits per heavy atom. The largest absolute Gasteiger partial charge is 0.493 e. The summed E-state index contributed by atoms with van der Waals surface area (Å²) in [5.41, 5.74) is -0.784. The van der Waals surface area contributed by atoms with Crippen molar-refractivity contribution < 1.29 is 19.7 Å². The van der Waals surface area contributed by atoms with Crippen LogP contribution in [0, 0.1) is 11.8 Å². The fraction of sp³-hybridized carbons (Fsp3) is 0.500. The first-order chi connectivity index (χ1) is 8.51. The molecule has 2 rings (SSSR count). The van der Waals surface area contributed by atoms with Gasteiger partial charge in [-0.1, -0.05) is 32.0 Å². The van der Waals surface area contributed by atoms with E-state index in [-0.39, 0.29) is 5.92 Å². The second kappa shape index (κ2) is 4.61. The lowest BCUT2D eigenvalue weighted by Crippen LogP contribution is -2.49. The molecule has 4 nitrogen and oxygen atoms in total. The Balaban J connectivity index is 2.56. The fourth-order valence-corrected chi connectivity index (χ4v) is 2.74. The Bertz CT molecular complexity index is 457. The van der Waals surface area contributed by atoms with Gasteiger partial charge in [-0.2, -0.15) is 0 Å². The molecule has 0 bridgehead atoms. The van der Waals surface area contributed by atoms with Crippen LogP contribution in [-0.4, -0.2) is 22.8 Å². The molecular weight excluding hydrogens is 232 g/mol. The predicted octanol–water partition coefficient (Wildman–Crippen LogP) is 2.01. The molecule has 0 aromatic heterocycles. The van der Waals surface area contributed by atoms with Crippen molar-refractivity contribution in [3.8, 4) is 5.75 Å². The van der Waals surface area contributed by atoms with Crippen molar-refractivity contribution in [3.05, 3.63) is 29.8 Å². The van der Waals surface area contributed by atoms with Crippen molar-refractivity contribution in [1.82, 2.24) is 0 Å². The highest BCUT2D eigenvalue weighted by atomic mass is 16.5. The quantitative estimate of drug-likeness (QED) is 0.861. The molecule has 0 aliphatic carbocycles. The SMILES string of the molecule is CCC(C(=O)O)C1(O)c2ccccc2OCC1C. The molecule has 18 heavy (non-hydrogen) atoms. The summed E-state index contributed by atoms with van der Waals surface area (Å²) in [5.74, 6) is -1.47. The average Bonchev–Trinajstić information content (AvgIpc) is 2.35. The lowest BCUT2D eigenvalue weighted by molar-refractivity contribution is -0.162. The number of aliphatic carboxylic acids is 1. The van der Waals surface area contributed by atoms with Crippen LogP contribution in [0.5, 0.6) is 5.75 Å². The minimum absolute atomic E-state index is 0.256. The molecule has 98 valence electrons. The third-order valence-electron chi connectivity index (χ3n) is 3.80. The maximum atomic E-state index is 11.4. The number of carbonyl (C=O) groups is 1. The van der Waals surface area contributed by atoms with E-state index >= 15 is 0 Å². The zero-order valence-corrected chi connectivity index (χ0v) is 10.6. The minimum Gasteiger partial charge on any atom is -0.493 e. The van der Waals surface area contributed by atoms with Crippen LogP contribution in [-0.2, 0) is 10.4 Å². The molecule has 1 aromatic carbocycles. The number of ether oxygens (including phenoxy) is 1. The standard InChI is InChI=1S/C14H18O4/c1-3-10(13(15)16)14(17)9(2)8-18-12-7-5-4-6-11(12)14/h4-7,9-10,17H,3,8H2,1-2H3,(H,15,16). The number of fused-ring (bicyclic) bond motifs is 1. The molecule has 0 amide bonds. The highest BCUT2D eigenvalue weighted by Crippen LogP contribution is 2.46. The first-order valence-corrected chi connectivity index (χ1v) is 6.19. The van der Waals surface area contributed by atoms with Gasteiger partial charge in [0.25, 0.3) is 0 Å². The number of carboxylic acids is 1. The van der Waals surface area contributed by atoms with Gasteiger partial charge in [-0.05, 0) is 12.5 Å². The number of hydrogen-bond donors (Lipinski definition) is 2. The summed E-state index contributed by atoms with van der Waals surface area (Å²) in [6, 6.07) is 7.12. The molecule has 1 aliphatic rings. The highest BCUT2D eigenvalue weighted by Gasteiger charge is 2.50. The number of rotatable bonds is 3. The summed E-state index contributed by atoms with van der Waals surface area (Å²) in [6.45, 7) is 3.93. The maximum absolute atomic E-state index is 11.4. The van der Waals surface area contributed by atoms with Crippen LogP contribution in [0.4, 0.5) is 0 Å². The minimum atomic E-state index is -1.37. The molecular formula is C14H18O4. The van der Waals surface area contributed by atoms with E-state index in [0.717, 1.165) is 0 Å². The van der Waals surface area contributed by atoms with Crippen LogP contribution in [0.1, 0.15) is 25.8 Å². The molecule has 0 saturated carbocycles. The monoisotopic (exact) mass is 250 g/mol. The van der Waals surface area contributed by atoms with E-state index in [1.54, 1.807) is 25.1 Å². The number of hydrogen-bond acceptors (Lipinski definition) is 3. The second-order valence-corrected chi connectivity index (χ2v) is 4.83. The maximum Gasteiger partial charge on any atom is 0.309 e. The van der Waals surface area contributed by atoms with Gasteiger partial charge < -0.3 is 14.9 Å². The molecule has 1 aromatic rings. The van der Waals surface area contributed by atoms with E-state index in [4.69, 9.17) is 4.74 Å². The van der Waals surface area contributed by atoms with Crippen LogP contribution < -0.4 is 4.74 Å². The van der Waals surface area contributed by atoms with Gasteiger partial charge in [0, 0.05) is 11.5 Å². The van der Waals surface area contributed by atoms with E-state index in [0.29, 0.717) is 24.3 Å². The van der Waals surface area contributed by atoms with E-state index in [9.17, 15) is 15.0 Å². The van der Waals surface area contributed by atoms with Gasteiger partial charge in [-0.25, -0.2) is 0 Å². The number of para-hydroxylation sites is 1. The Hall–Kier alpha value is -1.55. The van der Waals surface area contributed by atoms with Crippen LogP contribution >= 0.6 is 0 Å². The smallest absolute Gasteiger partial charge is 0.309 e. The highest BCUT2D eigenvalue weighted by molar-refractivity contribution is 5.72. The van der Waals surface area contributed by atoms with E-state index in [2.05, 4.69) is 0 Å². The number of aliphatic hydroxyl groups is 1. The molecule has 0 radical (unpaired) electrons. The molecule has 0 fully saturated rings. The average molecular weight is 250 g/mol. The van der Waals surface area contributed by atoms with Gasteiger partial charge in [0.15, 0.2) is 0 Å². The van der Waals surface area contributed by atoms with E-state index in [1.807, 2.05) is 13.0 Å². The Morgan fingerprint density at radius 1 is 1.56 bits per heavy atom. The first-order valence-electron chi connectivity index (χ1n) is 6.19. The van der Waals surface area contributed by atoms with Gasteiger partial charge in [0.1, 0.15) is 11.4 Å². The summed E-state index contributed by atoms with van der Waals surface area (Å²) >= 11 is 0. The Morgan fingerprint density at radius 3 is 2.83 bits per heavy atom. The van der Waals surface area contributed by atoms with Gasteiger partial charge in [-0.3, -0.25) is 4.79 Å². The number of carboxylic acid groups (broad SMARTS) is 1. The third kappa shape index (κ3) is 1.77. The van der Waals surface area contributed by atoms with E-state index < -0.39 is 17.5 Å². The summed E-state index contributed by atoms with van der Waals surface area (Å²) in [6.07, 6.45) is 0.379. The van der Waals surface area contributed by atoms with Crippen molar-refractivity contribution in [2.75, 3.05) is 6.61 Å². The summed E-state index contributed by atoms with van der Waals surface area (Å²) in [5, 5.41) is 20.3. The van der Waals surface area contributed by atoms with Crippen LogP contribution in [0.15, 0.2) is 24.3 Å². The summed E-state index contributed by atoms with van der Waals surface area (Å²) in [4.78, 5) is 11.4. The molecule has 0 saturated heterocycles. The Labute approximate surface area is 106 Å². The first kappa shape index (κ1) is 12.9.